The fraction of sp³-hybridized carbons (Fsp3) is 0.286. The second kappa shape index (κ2) is 6.79. The predicted octanol–water partition coefficient (Wildman–Crippen LogP) is 2.84. The van der Waals surface area contributed by atoms with Crippen LogP contribution >= 0.6 is 0 Å². The number of hydrogen-bond donors (Lipinski definition) is 0. The maximum atomic E-state index is 12.7. The number of halogens is 3. The lowest BCUT2D eigenvalue weighted by molar-refractivity contribution is -0.186. The number of amides is 1. The van der Waals surface area contributed by atoms with Crippen molar-refractivity contribution in [3.63, 3.8) is 0 Å². The van der Waals surface area contributed by atoms with Gasteiger partial charge in [0.25, 0.3) is 0 Å². The van der Waals surface area contributed by atoms with Gasteiger partial charge < -0.3 is 9.64 Å². The molecule has 0 radical (unpaired) electrons. The van der Waals surface area contributed by atoms with Crippen LogP contribution in [0.15, 0.2) is 36.9 Å². The largest absolute Gasteiger partial charge is 0.496 e. The summed E-state index contributed by atoms with van der Waals surface area (Å²) in [5.41, 5.74) is 0.182. The molecule has 21 heavy (non-hydrogen) atoms. The van der Waals surface area contributed by atoms with Gasteiger partial charge in [0.15, 0.2) is 0 Å². The number of hydrogen-bond acceptors (Lipinski definition) is 3. The van der Waals surface area contributed by atoms with Gasteiger partial charge in [-0.15, -0.1) is 6.58 Å². The quantitative estimate of drug-likeness (QED) is 0.785. The lowest BCUT2D eigenvalue weighted by atomic mass is 10.0. The van der Waals surface area contributed by atoms with Crippen LogP contribution in [0.2, 0.25) is 0 Å². The Hall–Kier alpha value is -2.49. The number of nitriles is 1. The maximum absolute atomic E-state index is 12.7. The number of alkyl halides is 3. The SMILES string of the molecule is C=CCN(C(=O)C(F)(F)F)C(C#N)c1ccccc1OC. The number of nitrogens with zero attached hydrogens (tertiary/aromatic N) is 2. The molecule has 0 saturated carbocycles. The summed E-state index contributed by atoms with van der Waals surface area (Å²) in [7, 11) is 1.33. The third kappa shape index (κ3) is 3.75. The molecule has 0 spiro atoms. The van der Waals surface area contributed by atoms with E-state index in [9.17, 15) is 23.2 Å². The van der Waals surface area contributed by atoms with Crippen molar-refractivity contribution < 1.29 is 22.7 Å². The molecular weight excluding hydrogens is 285 g/mol. The van der Waals surface area contributed by atoms with Gasteiger partial charge in [-0.2, -0.15) is 18.4 Å². The van der Waals surface area contributed by atoms with Crippen molar-refractivity contribution in [3.05, 3.63) is 42.5 Å². The Morgan fingerprint density at radius 1 is 1.52 bits per heavy atom. The van der Waals surface area contributed by atoms with Crippen LogP contribution in [-0.4, -0.2) is 30.6 Å². The van der Waals surface area contributed by atoms with E-state index in [0.29, 0.717) is 4.90 Å². The Balaban J connectivity index is 3.29. The molecule has 0 aromatic heterocycles. The van der Waals surface area contributed by atoms with Crippen LogP contribution in [-0.2, 0) is 4.79 Å². The zero-order valence-electron chi connectivity index (χ0n) is 11.2. The molecule has 1 atom stereocenters. The minimum atomic E-state index is -5.07. The molecule has 1 amide bonds. The number of benzene rings is 1. The van der Waals surface area contributed by atoms with E-state index in [1.165, 1.54) is 19.2 Å². The van der Waals surface area contributed by atoms with Crippen molar-refractivity contribution in [2.45, 2.75) is 12.2 Å². The van der Waals surface area contributed by atoms with Crippen molar-refractivity contribution in [1.82, 2.24) is 4.90 Å². The molecule has 112 valence electrons. The average molecular weight is 298 g/mol. The first-order valence-corrected chi connectivity index (χ1v) is 5.88. The van der Waals surface area contributed by atoms with Gasteiger partial charge in [0.05, 0.1) is 13.2 Å². The van der Waals surface area contributed by atoms with E-state index in [1.54, 1.807) is 18.2 Å². The summed E-state index contributed by atoms with van der Waals surface area (Å²) in [6.45, 7) is 2.91. The van der Waals surface area contributed by atoms with Crippen LogP contribution in [0.25, 0.3) is 0 Å². The minimum Gasteiger partial charge on any atom is -0.496 e. The molecule has 4 nitrogen and oxygen atoms in total. The molecule has 1 unspecified atom stereocenters. The first kappa shape index (κ1) is 16.6. The topological polar surface area (TPSA) is 53.3 Å². The Morgan fingerprint density at radius 3 is 2.62 bits per heavy atom. The Kier molecular flexibility index (Phi) is 5.36. The molecule has 7 heteroatoms. The molecule has 0 saturated heterocycles. The van der Waals surface area contributed by atoms with E-state index in [2.05, 4.69) is 6.58 Å². The van der Waals surface area contributed by atoms with Gasteiger partial charge in [-0.05, 0) is 6.07 Å². The van der Waals surface area contributed by atoms with Gasteiger partial charge in [0.2, 0.25) is 0 Å². The van der Waals surface area contributed by atoms with E-state index in [0.717, 1.165) is 6.08 Å². The molecule has 1 aromatic carbocycles. The Morgan fingerprint density at radius 2 is 2.14 bits per heavy atom. The Labute approximate surface area is 120 Å². The Bertz CT molecular complexity index is 564. The highest BCUT2D eigenvalue weighted by Gasteiger charge is 2.45. The monoisotopic (exact) mass is 298 g/mol. The average Bonchev–Trinajstić information content (AvgIpc) is 2.46. The van der Waals surface area contributed by atoms with Crippen LogP contribution in [0.3, 0.4) is 0 Å². The first-order valence-electron chi connectivity index (χ1n) is 5.88. The summed E-state index contributed by atoms with van der Waals surface area (Å²) in [4.78, 5) is 11.9. The van der Waals surface area contributed by atoms with Gasteiger partial charge in [0, 0.05) is 12.1 Å². The van der Waals surface area contributed by atoms with Crippen LogP contribution in [0.1, 0.15) is 11.6 Å². The van der Waals surface area contributed by atoms with Gasteiger partial charge in [-0.3, -0.25) is 4.79 Å². The standard InChI is InChI=1S/C14H13F3N2O2/c1-3-8-19(13(20)14(15,16)17)11(9-18)10-6-4-5-7-12(10)21-2/h3-7,11H,1,8H2,2H3. The number of carbonyl (C=O) groups excluding carboxylic acids is 1. The number of carbonyl (C=O) groups is 1. The van der Waals surface area contributed by atoms with E-state index in [1.807, 2.05) is 0 Å². The maximum Gasteiger partial charge on any atom is 0.471 e. The smallest absolute Gasteiger partial charge is 0.471 e. The van der Waals surface area contributed by atoms with Crippen LogP contribution in [0.4, 0.5) is 13.2 Å². The molecule has 0 fully saturated rings. The second-order valence-corrected chi connectivity index (χ2v) is 4.02. The van der Waals surface area contributed by atoms with Gasteiger partial charge in [-0.25, -0.2) is 0 Å². The van der Waals surface area contributed by atoms with Gasteiger partial charge in [0.1, 0.15) is 11.8 Å². The van der Waals surface area contributed by atoms with Crippen molar-refractivity contribution in [1.29, 1.82) is 5.26 Å². The molecule has 0 bridgehead atoms. The zero-order chi connectivity index (χ0) is 16.0. The number of para-hydroxylation sites is 1. The minimum absolute atomic E-state index is 0.182. The second-order valence-electron chi connectivity index (χ2n) is 4.02. The number of rotatable bonds is 5. The van der Waals surface area contributed by atoms with Gasteiger partial charge >= 0.3 is 12.1 Å². The predicted molar refractivity (Wildman–Crippen MR) is 69.3 cm³/mol. The fourth-order valence-corrected chi connectivity index (χ4v) is 1.81. The highest BCUT2D eigenvalue weighted by Crippen LogP contribution is 2.31. The third-order valence-corrected chi connectivity index (χ3v) is 2.70. The van der Waals surface area contributed by atoms with Gasteiger partial charge in [-0.1, -0.05) is 24.3 Å². The molecular formula is C14H13F3N2O2. The van der Waals surface area contributed by atoms with Crippen molar-refractivity contribution >= 4 is 5.91 Å². The summed E-state index contributed by atoms with van der Waals surface area (Å²) in [6.07, 6.45) is -3.94. The highest BCUT2D eigenvalue weighted by molar-refractivity contribution is 5.83. The fourth-order valence-electron chi connectivity index (χ4n) is 1.81. The molecule has 0 N–H and O–H groups in total. The molecule has 0 aliphatic heterocycles. The third-order valence-electron chi connectivity index (χ3n) is 2.70. The van der Waals surface area contributed by atoms with E-state index < -0.39 is 24.7 Å². The van der Waals surface area contributed by atoms with Crippen molar-refractivity contribution in [2.24, 2.45) is 0 Å². The van der Waals surface area contributed by atoms with E-state index in [-0.39, 0.29) is 11.3 Å². The summed E-state index contributed by atoms with van der Waals surface area (Å²) in [5.74, 6) is -1.87. The normalized spacial score (nSPS) is 12.1. The molecule has 1 rings (SSSR count). The molecule has 1 aromatic rings. The van der Waals surface area contributed by atoms with E-state index in [4.69, 9.17) is 4.74 Å². The number of methoxy groups -OCH3 is 1. The summed E-state index contributed by atoms with van der Waals surface area (Å²) in [5, 5.41) is 9.21. The molecule has 0 heterocycles. The lowest BCUT2D eigenvalue weighted by Crippen LogP contribution is -2.43. The van der Waals surface area contributed by atoms with Crippen molar-refractivity contribution in [2.75, 3.05) is 13.7 Å². The van der Waals surface area contributed by atoms with Crippen LogP contribution < -0.4 is 4.74 Å². The number of ether oxygens (including phenoxy) is 1. The molecule has 0 aliphatic rings. The summed E-state index contributed by atoms with van der Waals surface area (Å²) < 4.78 is 43.0. The van der Waals surface area contributed by atoms with Crippen LogP contribution in [0, 0.1) is 11.3 Å². The summed E-state index contributed by atoms with van der Waals surface area (Å²) in [6, 6.07) is 6.39. The zero-order valence-corrected chi connectivity index (χ0v) is 11.2. The summed E-state index contributed by atoms with van der Waals surface area (Å²) >= 11 is 0. The first-order chi connectivity index (χ1) is 9.86. The molecule has 0 aliphatic carbocycles. The highest BCUT2D eigenvalue weighted by atomic mass is 19.4. The van der Waals surface area contributed by atoms with Crippen molar-refractivity contribution in [3.8, 4) is 11.8 Å². The lowest BCUT2D eigenvalue weighted by Gasteiger charge is -2.28. The van der Waals surface area contributed by atoms with Crippen LogP contribution in [0.5, 0.6) is 5.75 Å². The van der Waals surface area contributed by atoms with E-state index >= 15 is 0 Å².